The Labute approximate surface area is 193 Å². The molecule has 0 aliphatic heterocycles. The van der Waals surface area contributed by atoms with Crippen LogP contribution in [0.2, 0.25) is 0 Å². The van der Waals surface area contributed by atoms with Crippen molar-refractivity contribution in [1.29, 1.82) is 0 Å². The van der Waals surface area contributed by atoms with Crippen LogP contribution >= 0.6 is 0 Å². The molecule has 0 radical (unpaired) electrons. The molecule has 33 heavy (non-hydrogen) atoms. The lowest BCUT2D eigenvalue weighted by atomic mass is 10.0. The largest absolute Gasteiger partial charge is 0.321 e. The van der Waals surface area contributed by atoms with E-state index in [0.717, 1.165) is 53.8 Å². The molecule has 0 bridgehead atoms. The number of aromatic nitrogens is 5. The van der Waals surface area contributed by atoms with Crippen molar-refractivity contribution in [2.75, 3.05) is 6.54 Å². The SMILES string of the molecule is CC[NH+](Cc1ccccc1)C(c1cc2cccc(C)c2[nH]c1=O)c1nnnn1C1CCCC1. The van der Waals surface area contributed by atoms with Gasteiger partial charge in [-0.1, -0.05) is 61.4 Å². The Hall–Kier alpha value is -3.32. The molecule has 7 heteroatoms. The normalized spacial score (nSPS) is 16.3. The standard InChI is InChI=1S/C26H30N6O/c1-3-31(17-19-11-5-4-6-12-19)24(25-28-29-30-32(25)21-14-7-8-15-21)22-16-20-13-9-10-18(2)23(20)27-26(22)33/h4-6,9-13,16,21,24H,3,7-8,14-15,17H2,1-2H3,(H,27,33)/p+1. The Morgan fingerprint density at radius 3 is 2.67 bits per heavy atom. The molecule has 7 nitrogen and oxygen atoms in total. The minimum absolute atomic E-state index is 0.0678. The molecule has 2 aromatic heterocycles. The van der Waals surface area contributed by atoms with Gasteiger partial charge in [-0.05, 0) is 54.1 Å². The fourth-order valence-corrected chi connectivity index (χ4v) is 5.24. The summed E-state index contributed by atoms with van der Waals surface area (Å²) in [5.41, 5.74) is 3.83. The summed E-state index contributed by atoms with van der Waals surface area (Å²) < 4.78 is 2.00. The Balaban J connectivity index is 1.66. The molecule has 2 atom stereocenters. The minimum atomic E-state index is -0.264. The van der Waals surface area contributed by atoms with Gasteiger partial charge in [-0.25, -0.2) is 4.68 Å². The monoisotopic (exact) mass is 443 g/mol. The summed E-state index contributed by atoms with van der Waals surface area (Å²) in [5.74, 6) is 0.784. The number of nitrogens with one attached hydrogen (secondary N) is 2. The van der Waals surface area contributed by atoms with Gasteiger partial charge in [-0.3, -0.25) is 4.79 Å². The third-order valence-electron chi connectivity index (χ3n) is 7.01. The Bertz CT molecular complexity index is 1290. The third kappa shape index (κ3) is 4.20. The maximum Gasteiger partial charge on any atom is 0.258 e. The van der Waals surface area contributed by atoms with Gasteiger partial charge in [-0.15, -0.1) is 5.10 Å². The van der Waals surface area contributed by atoms with Crippen LogP contribution in [-0.2, 0) is 6.54 Å². The molecule has 5 rings (SSSR count). The highest BCUT2D eigenvalue weighted by Gasteiger charge is 2.35. The molecule has 2 heterocycles. The zero-order valence-electron chi connectivity index (χ0n) is 19.3. The van der Waals surface area contributed by atoms with E-state index in [1.807, 2.05) is 35.9 Å². The molecule has 0 saturated heterocycles. The van der Waals surface area contributed by atoms with Crippen LogP contribution in [0.25, 0.3) is 10.9 Å². The fourth-order valence-electron chi connectivity index (χ4n) is 5.24. The lowest BCUT2D eigenvalue weighted by Crippen LogP contribution is -3.11. The number of quaternary nitrogens is 1. The van der Waals surface area contributed by atoms with E-state index < -0.39 is 0 Å². The smallest absolute Gasteiger partial charge is 0.258 e. The first kappa shape index (κ1) is 21.5. The van der Waals surface area contributed by atoms with E-state index in [-0.39, 0.29) is 11.6 Å². The van der Waals surface area contributed by atoms with E-state index in [9.17, 15) is 4.79 Å². The molecule has 1 saturated carbocycles. The Morgan fingerprint density at radius 1 is 1.12 bits per heavy atom. The average Bonchev–Trinajstić information content (AvgIpc) is 3.52. The van der Waals surface area contributed by atoms with Crippen molar-refractivity contribution in [2.24, 2.45) is 0 Å². The van der Waals surface area contributed by atoms with E-state index in [1.165, 1.54) is 23.3 Å². The van der Waals surface area contributed by atoms with Crippen LogP contribution in [-0.4, -0.2) is 31.7 Å². The summed E-state index contributed by atoms with van der Waals surface area (Å²) in [4.78, 5) is 17.9. The molecule has 1 fully saturated rings. The van der Waals surface area contributed by atoms with Crippen molar-refractivity contribution in [2.45, 2.75) is 58.2 Å². The molecule has 4 aromatic rings. The molecule has 0 spiro atoms. The molecular formula is C26H31N6O+. The van der Waals surface area contributed by atoms with Gasteiger partial charge in [0.1, 0.15) is 6.54 Å². The second-order valence-electron chi connectivity index (χ2n) is 9.12. The van der Waals surface area contributed by atoms with Gasteiger partial charge in [0.05, 0.1) is 23.7 Å². The molecule has 1 aliphatic carbocycles. The third-order valence-corrected chi connectivity index (χ3v) is 7.01. The Morgan fingerprint density at radius 2 is 1.91 bits per heavy atom. The van der Waals surface area contributed by atoms with Crippen LogP contribution in [0.5, 0.6) is 0 Å². The van der Waals surface area contributed by atoms with E-state index in [0.29, 0.717) is 6.04 Å². The van der Waals surface area contributed by atoms with Crippen molar-refractivity contribution in [3.8, 4) is 0 Å². The second kappa shape index (κ2) is 9.27. The van der Waals surface area contributed by atoms with E-state index in [4.69, 9.17) is 0 Å². The number of hydrogen-bond acceptors (Lipinski definition) is 4. The number of tetrazole rings is 1. The molecule has 2 unspecified atom stereocenters. The number of benzene rings is 2. The highest BCUT2D eigenvalue weighted by Crippen LogP contribution is 2.31. The highest BCUT2D eigenvalue weighted by atomic mass is 16.1. The van der Waals surface area contributed by atoms with Crippen LogP contribution in [0.3, 0.4) is 0 Å². The summed E-state index contributed by atoms with van der Waals surface area (Å²) in [6.07, 6.45) is 4.55. The number of hydrogen-bond donors (Lipinski definition) is 2. The fraction of sp³-hybridized carbons (Fsp3) is 0.385. The predicted molar refractivity (Wildman–Crippen MR) is 128 cm³/mol. The summed E-state index contributed by atoms with van der Waals surface area (Å²) in [6, 6.07) is 18.6. The van der Waals surface area contributed by atoms with Crippen LogP contribution in [0, 0.1) is 6.92 Å². The van der Waals surface area contributed by atoms with Gasteiger partial charge in [0.15, 0.2) is 6.04 Å². The molecule has 170 valence electrons. The number of aromatic amines is 1. The molecule has 1 aliphatic rings. The van der Waals surface area contributed by atoms with Crippen molar-refractivity contribution in [3.63, 3.8) is 0 Å². The second-order valence-corrected chi connectivity index (χ2v) is 9.12. The number of para-hydroxylation sites is 1. The van der Waals surface area contributed by atoms with Crippen LogP contribution in [0.1, 0.15) is 67.2 Å². The topological polar surface area (TPSA) is 80.9 Å². The molecule has 2 aromatic carbocycles. The maximum absolute atomic E-state index is 13.5. The first-order chi connectivity index (χ1) is 16.2. The van der Waals surface area contributed by atoms with E-state index >= 15 is 0 Å². The summed E-state index contributed by atoms with van der Waals surface area (Å²) in [5, 5.41) is 14.0. The van der Waals surface area contributed by atoms with E-state index in [2.05, 4.69) is 57.8 Å². The Kier molecular flexibility index (Phi) is 6.05. The first-order valence-corrected chi connectivity index (χ1v) is 11.9. The van der Waals surface area contributed by atoms with Gasteiger partial charge in [0.2, 0.25) is 5.82 Å². The van der Waals surface area contributed by atoms with Gasteiger partial charge in [0.25, 0.3) is 5.56 Å². The number of fused-ring (bicyclic) bond motifs is 1. The van der Waals surface area contributed by atoms with Crippen molar-refractivity contribution in [1.82, 2.24) is 25.2 Å². The van der Waals surface area contributed by atoms with E-state index in [1.54, 1.807) is 0 Å². The van der Waals surface area contributed by atoms with Gasteiger partial charge < -0.3 is 9.88 Å². The zero-order valence-corrected chi connectivity index (χ0v) is 19.3. The van der Waals surface area contributed by atoms with Crippen LogP contribution in [0.15, 0.2) is 59.4 Å². The number of H-pyrrole nitrogens is 1. The lowest BCUT2D eigenvalue weighted by molar-refractivity contribution is -0.938. The molecular weight excluding hydrogens is 412 g/mol. The average molecular weight is 444 g/mol. The summed E-state index contributed by atoms with van der Waals surface area (Å²) in [6.45, 7) is 5.80. The van der Waals surface area contributed by atoms with Gasteiger partial charge in [-0.2, -0.15) is 0 Å². The van der Waals surface area contributed by atoms with Crippen molar-refractivity contribution < 1.29 is 4.90 Å². The lowest BCUT2D eigenvalue weighted by Gasteiger charge is -2.28. The number of aryl methyl sites for hydroxylation is 1. The predicted octanol–water partition coefficient (Wildman–Crippen LogP) is 3.13. The quantitative estimate of drug-likeness (QED) is 0.460. The minimum Gasteiger partial charge on any atom is -0.321 e. The molecule has 0 amide bonds. The molecule has 2 N–H and O–H groups in total. The van der Waals surface area contributed by atoms with Gasteiger partial charge >= 0.3 is 0 Å². The van der Waals surface area contributed by atoms with Crippen molar-refractivity contribution in [3.05, 3.63) is 87.5 Å². The van der Waals surface area contributed by atoms with Crippen LogP contribution < -0.4 is 10.5 Å². The van der Waals surface area contributed by atoms with Crippen LogP contribution in [0.4, 0.5) is 0 Å². The number of rotatable bonds is 7. The van der Waals surface area contributed by atoms with Crippen molar-refractivity contribution >= 4 is 10.9 Å². The number of pyridine rings is 1. The first-order valence-electron chi connectivity index (χ1n) is 11.9. The summed E-state index contributed by atoms with van der Waals surface area (Å²) in [7, 11) is 0. The summed E-state index contributed by atoms with van der Waals surface area (Å²) >= 11 is 0. The number of nitrogens with zero attached hydrogens (tertiary/aromatic N) is 4. The zero-order chi connectivity index (χ0) is 22.8. The van der Waals surface area contributed by atoms with Gasteiger partial charge in [0, 0.05) is 5.56 Å². The highest BCUT2D eigenvalue weighted by molar-refractivity contribution is 5.82. The maximum atomic E-state index is 13.5.